The van der Waals surface area contributed by atoms with Gasteiger partial charge in [0.1, 0.15) is 0 Å². The second kappa shape index (κ2) is 7.38. The molecule has 2 fully saturated rings. The Morgan fingerprint density at radius 1 is 1.12 bits per heavy atom. The van der Waals surface area contributed by atoms with Crippen LogP contribution in [-0.2, 0) is 4.79 Å². The van der Waals surface area contributed by atoms with Crippen molar-refractivity contribution in [2.24, 2.45) is 5.92 Å². The van der Waals surface area contributed by atoms with Crippen LogP contribution in [0.25, 0.3) is 0 Å². The number of hydrogen-bond donors (Lipinski definition) is 0. The predicted octanol–water partition coefficient (Wildman–Crippen LogP) is 3.42. The third kappa shape index (κ3) is 4.47. The molecule has 2 aliphatic rings. The summed E-state index contributed by atoms with van der Waals surface area (Å²) in [5.74, 6) is -2.26. The van der Waals surface area contributed by atoms with Crippen LogP contribution in [0.5, 0.6) is 0 Å². The van der Waals surface area contributed by atoms with E-state index in [1.54, 1.807) is 4.90 Å². The first-order chi connectivity index (χ1) is 12.0. The highest BCUT2D eigenvalue weighted by Crippen LogP contribution is 2.30. The summed E-state index contributed by atoms with van der Waals surface area (Å²) in [4.78, 5) is 16.2. The zero-order valence-corrected chi connectivity index (χ0v) is 14.3. The van der Waals surface area contributed by atoms with E-state index in [9.17, 15) is 13.6 Å². The molecular formula is C19H23F2N3O. The van der Waals surface area contributed by atoms with Crippen LogP contribution in [0, 0.1) is 17.2 Å². The average Bonchev–Trinajstić information content (AvgIpc) is 2.62. The van der Waals surface area contributed by atoms with Gasteiger partial charge in [0.05, 0.1) is 11.6 Å². The maximum Gasteiger partial charge on any atom is 0.251 e. The van der Waals surface area contributed by atoms with E-state index in [0.717, 1.165) is 31.6 Å². The highest BCUT2D eigenvalue weighted by Gasteiger charge is 2.36. The van der Waals surface area contributed by atoms with E-state index in [1.165, 1.54) is 0 Å². The van der Waals surface area contributed by atoms with Gasteiger partial charge in [-0.05, 0) is 43.0 Å². The molecule has 6 heteroatoms. The van der Waals surface area contributed by atoms with Gasteiger partial charge in [-0.1, -0.05) is 0 Å². The van der Waals surface area contributed by atoms with Crippen molar-refractivity contribution in [2.45, 2.75) is 38.0 Å². The number of piperidine rings is 2. The second-order valence-electron chi connectivity index (χ2n) is 7.03. The van der Waals surface area contributed by atoms with Crippen LogP contribution >= 0.6 is 0 Å². The molecule has 1 amide bonds. The summed E-state index contributed by atoms with van der Waals surface area (Å²) in [6.45, 7) is 2.11. The van der Waals surface area contributed by atoms with Crippen LogP contribution in [0.4, 0.5) is 14.5 Å². The van der Waals surface area contributed by atoms with E-state index < -0.39 is 5.92 Å². The van der Waals surface area contributed by atoms with Crippen molar-refractivity contribution in [2.75, 3.05) is 31.1 Å². The lowest BCUT2D eigenvalue weighted by molar-refractivity contribution is -0.138. The van der Waals surface area contributed by atoms with Crippen LogP contribution in [-0.4, -0.2) is 42.9 Å². The number of likely N-dealkylation sites (tertiary alicyclic amines) is 1. The third-order valence-corrected chi connectivity index (χ3v) is 5.29. The number of hydrogen-bond acceptors (Lipinski definition) is 3. The van der Waals surface area contributed by atoms with Gasteiger partial charge < -0.3 is 9.80 Å². The van der Waals surface area contributed by atoms with Gasteiger partial charge in [-0.3, -0.25) is 4.79 Å². The van der Waals surface area contributed by atoms with Crippen LogP contribution in [0.3, 0.4) is 0 Å². The Morgan fingerprint density at radius 2 is 1.72 bits per heavy atom. The smallest absolute Gasteiger partial charge is 0.251 e. The Labute approximate surface area is 147 Å². The number of benzene rings is 1. The Bertz CT molecular complexity index is 636. The minimum absolute atomic E-state index is 0.0207. The van der Waals surface area contributed by atoms with E-state index in [1.807, 2.05) is 24.3 Å². The van der Waals surface area contributed by atoms with Crippen molar-refractivity contribution in [1.29, 1.82) is 5.26 Å². The summed E-state index contributed by atoms with van der Waals surface area (Å²) >= 11 is 0. The van der Waals surface area contributed by atoms with Crippen molar-refractivity contribution < 1.29 is 13.6 Å². The molecule has 0 atom stereocenters. The second-order valence-corrected chi connectivity index (χ2v) is 7.03. The largest absolute Gasteiger partial charge is 0.372 e. The summed E-state index contributed by atoms with van der Waals surface area (Å²) in [5.41, 5.74) is 1.75. The van der Waals surface area contributed by atoms with Crippen LogP contribution in [0.2, 0.25) is 0 Å². The van der Waals surface area contributed by atoms with Crippen LogP contribution in [0.15, 0.2) is 24.3 Å². The van der Waals surface area contributed by atoms with Crippen LogP contribution < -0.4 is 4.90 Å². The number of rotatable bonds is 3. The molecule has 0 unspecified atom stereocenters. The van der Waals surface area contributed by atoms with E-state index in [2.05, 4.69) is 11.0 Å². The standard InChI is InChI=1S/C19H23F2N3O/c20-19(21)7-11-24(12-8-19)18(25)13-15-5-9-23(10-6-15)17-3-1-16(14-22)2-4-17/h1-4,15H,5-13H2. The van der Waals surface area contributed by atoms with E-state index in [4.69, 9.17) is 5.26 Å². The van der Waals surface area contributed by atoms with Crippen molar-refractivity contribution in [3.05, 3.63) is 29.8 Å². The Morgan fingerprint density at radius 3 is 2.28 bits per heavy atom. The highest BCUT2D eigenvalue weighted by atomic mass is 19.3. The molecule has 4 nitrogen and oxygen atoms in total. The zero-order chi connectivity index (χ0) is 17.9. The van der Waals surface area contributed by atoms with Gasteiger partial charge in [-0.25, -0.2) is 8.78 Å². The lowest BCUT2D eigenvalue weighted by atomic mass is 9.92. The number of anilines is 1. The fourth-order valence-corrected chi connectivity index (χ4v) is 3.60. The normalized spacial score (nSPS) is 21.0. The number of nitrogens with zero attached hydrogens (tertiary/aromatic N) is 3. The quantitative estimate of drug-likeness (QED) is 0.842. The number of amides is 1. The number of carbonyl (C=O) groups excluding carboxylic acids is 1. The SMILES string of the molecule is N#Cc1ccc(N2CCC(CC(=O)N3CCC(F)(F)CC3)CC2)cc1. The first kappa shape index (κ1) is 17.7. The number of halogens is 2. The molecule has 3 rings (SSSR count). The molecule has 0 spiro atoms. The first-order valence-electron chi connectivity index (χ1n) is 8.87. The Kier molecular flexibility index (Phi) is 5.22. The topological polar surface area (TPSA) is 47.3 Å². The summed E-state index contributed by atoms with van der Waals surface area (Å²) in [7, 11) is 0. The van der Waals surface area contributed by atoms with Gasteiger partial charge in [-0.2, -0.15) is 5.26 Å². The summed E-state index contributed by atoms with van der Waals surface area (Å²) in [6, 6.07) is 9.66. The number of carbonyl (C=O) groups is 1. The summed E-state index contributed by atoms with van der Waals surface area (Å²) in [5, 5.41) is 8.85. The third-order valence-electron chi connectivity index (χ3n) is 5.29. The van der Waals surface area contributed by atoms with Gasteiger partial charge in [-0.15, -0.1) is 0 Å². The molecule has 25 heavy (non-hydrogen) atoms. The molecule has 1 aromatic carbocycles. The zero-order valence-electron chi connectivity index (χ0n) is 14.3. The predicted molar refractivity (Wildman–Crippen MR) is 91.5 cm³/mol. The van der Waals surface area contributed by atoms with Gasteiger partial charge in [0.2, 0.25) is 5.91 Å². The van der Waals surface area contributed by atoms with Gasteiger partial charge >= 0.3 is 0 Å². The van der Waals surface area contributed by atoms with Gasteiger partial charge in [0, 0.05) is 51.1 Å². The fraction of sp³-hybridized carbons (Fsp3) is 0.579. The Balaban J connectivity index is 1.46. The van der Waals surface area contributed by atoms with Gasteiger partial charge in [0.25, 0.3) is 5.92 Å². The number of nitriles is 1. The van der Waals surface area contributed by atoms with Crippen molar-refractivity contribution in [3.63, 3.8) is 0 Å². The van der Waals surface area contributed by atoms with Crippen molar-refractivity contribution >= 4 is 11.6 Å². The lowest BCUT2D eigenvalue weighted by Crippen LogP contribution is -2.44. The molecule has 2 heterocycles. The average molecular weight is 347 g/mol. The maximum atomic E-state index is 13.2. The molecule has 0 saturated carbocycles. The summed E-state index contributed by atoms with van der Waals surface area (Å²) < 4.78 is 26.4. The molecule has 0 N–H and O–H groups in total. The van der Waals surface area contributed by atoms with Crippen LogP contribution in [0.1, 0.15) is 37.7 Å². The highest BCUT2D eigenvalue weighted by molar-refractivity contribution is 5.76. The van der Waals surface area contributed by atoms with Gasteiger partial charge in [0.15, 0.2) is 0 Å². The minimum Gasteiger partial charge on any atom is -0.372 e. The minimum atomic E-state index is -2.61. The van der Waals surface area contributed by atoms with Crippen molar-refractivity contribution in [1.82, 2.24) is 4.90 Å². The maximum absolute atomic E-state index is 13.2. The molecule has 1 aromatic rings. The first-order valence-corrected chi connectivity index (χ1v) is 8.87. The molecule has 2 aliphatic heterocycles. The number of alkyl halides is 2. The fourth-order valence-electron chi connectivity index (χ4n) is 3.60. The lowest BCUT2D eigenvalue weighted by Gasteiger charge is -2.36. The molecule has 0 aromatic heterocycles. The van der Waals surface area contributed by atoms with Crippen molar-refractivity contribution in [3.8, 4) is 6.07 Å². The monoisotopic (exact) mass is 347 g/mol. The summed E-state index contributed by atoms with van der Waals surface area (Å²) in [6.07, 6.45) is 1.89. The Hall–Kier alpha value is -2.16. The van der Waals surface area contributed by atoms with E-state index in [-0.39, 0.29) is 31.8 Å². The molecule has 134 valence electrons. The molecule has 0 bridgehead atoms. The molecule has 2 saturated heterocycles. The van der Waals surface area contributed by atoms with E-state index in [0.29, 0.717) is 17.9 Å². The molecule has 0 radical (unpaired) electrons. The van der Waals surface area contributed by atoms with E-state index >= 15 is 0 Å². The molecule has 0 aliphatic carbocycles. The molecular weight excluding hydrogens is 324 g/mol.